The van der Waals surface area contributed by atoms with Crippen LogP contribution in [0.2, 0.25) is 0 Å². The van der Waals surface area contributed by atoms with Crippen LogP contribution in [0, 0.1) is 17.3 Å². The van der Waals surface area contributed by atoms with Gasteiger partial charge in [0.15, 0.2) is 0 Å². The molecule has 0 aromatic carbocycles. The van der Waals surface area contributed by atoms with Crippen LogP contribution in [0.3, 0.4) is 0 Å². The van der Waals surface area contributed by atoms with E-state index in [1.54, 1.807) is 6.33 Å². The predicted octanol–water partition coefficient (Wildman–Crippen LogP) is 2.83. The topological polar surface area (TPSA) is 63.8 Å². The molecular weight excluding hydrogens is 236 g/mol. The molecule has 1 aromatic rings. The molecule has 19 heavy (non-hydrogen) atoms. The molecule has 1 fully saturated rings. The highest BCUT2D eigenvalue weighted by Gasteiger charge is 2.33. The maximum absolute atomic E-state index is 5.75. The third-order valence-electron chi connectivity index (χ3n) is 4.59. The zero-order valence-electron chi connectivity index (χ0n) is 12.3. The summed E-state index contributed by atoms with van der Waals surface area (Å²) < 4.78 is 0. The lowest BCUT2D eigenvalue weighted by molar-refractivity contribution is 0.132. The van der Waals surface area contributed by atoms with Crippen molar-refractivity contribution in [2.45, 2.75) is 52.5 Å². The summed E-state index contributed by atoms with van der Waals surface area (Å²) in [4.78, 5) is 8.19. The molecule has 0 aliphatic heterocycles. The number of rotatable bonds is 3. The molecule has 1 heterocycles. The molecule has 0 amide bonds. The van der Waals surface area contributed by atoms with Crippen molar-refractivity contribution in [3.05, 3.63) is 24.3 Å². The Bertz CT molecular complexity index is 377. The maximum Gasteiger partial charge on any atom is 0.115 e. The molecule has 1 saturated carbocycles. The van der Waals surface area contributed by atoms with Gasteiger partial charge in [-0.15, -0.1) is 0 Å². The van der Waals surface area contributed by atoms with Crippen molar-refractivity contribution in [1.29, 1.82) is 0 Å². The monoisotopic (exact) mass is 262 g/mol. The van der Waals surface area contributed by atoms with Gasteiger partial charge < -0.3 is 0 Å². The lowest BCUT2D eigenvalue weighted by Gasteiger charge is -2.39. The molecule has 106 valence electrons. The van der Waals surface area contributed by atoms with Crippen molar-refractivity contribution in [1.82, 2.24) is 15.4 Å². The second-order valence-corrected chi connectivity index (χ2v) is 6.79. The number of hydrogen-bond donors (Lipinski definition) is 2. The number of aromatic nitrogens is 2. The third kappa shape index (κ3) is 3.51. The first-order valence-electron chi connectivity index (χ1n) is 7.23. The van der Waals surface area contributed by atoms with Crippen LogP contribution in [-0.2, 0) is 0 Å². The Balaban J connectivity index is 2.00. The fraction of sp³-hybridized carbons (Fsp3) is 0.733. The van der Waals surface area contributed by atoms with E-state index in [1.165, 1.54) is 25.7 Å². The zero-order valence-corrected chi connectivity index (χ0v) is 12.3. The van der Waals surface area contributed by atoms with Gasteiger partial charge in [-0.25, -0.2) is 9.97 Å². The molecular formula is C15H26N4. The van der Waals surface area contributed by atoms with E-state index in [4.69, 9.17) is 5.84 Å². The van der Waals surface area contributed by atoms with Crippen LogP contribution in [-0.4, -0.2) is 9.97 Å². The molecule has 0 saturated heterocycles. The molecule has 4 nitrogen and oxygen atoms in total. The number of nitrogens with zero attached hydrogens (tertiary/aromatic N) is 2. The van der Waals surface area contributed by atoms with Crippen LogP contribution in [0.5, 0.6) is 0 Å². The largest absolute Gasteiger partial charge is 0.271 e. The van der Waals surface area contributed by atoms with Crippen LogP contribution in [0.15, 0.2) is 18.7 Å². The highest BCUT2D eigenvalue weighted by atomic mass is 15.2. The number of nitrogens with one attached hydrogen (secondary N) is 1. The van der Waals surface area contributed by atoms with E-state index in [2.05, 4.69) is 36.2 Å². The highest BCUT2D eigenvalue weighted by molar-refractivity contribution is 5.10. The quantitative estimate of drug-likeness (QED) is 0.649. The van der Waals surface area contributed by atoms with E-state index in [1.807, 2.05) is 12.4 Å². The smallest absolute Gasteiger partial charge is 0.115 e. The molecule has 0 spiro atoms. The Hall–Kier alpha value is -1.00. The minimum absolute atomic E-state index is 0.183. The molecule has 3 N–H and O–H groups in total. The van der Waals surface area contributed by atoms with E-state index in [0.29, 0.717) is 11.3 Å². The van der Waals surface area contributed by atoms with Crippen LogP contribution >= 0.6 is 0 Å². The van der Waals surface area contributed by atoms with Gasteiger partial charge in [0.25, 0.3) is 0 Å². The first-order valence-corrected chi connectivity index (χ1v) is 7.23. The normalized spacial score (nSPS) is 26.1. The average molecular weight is 262 g/mol. The van der Waals surface area contributed by atoms with Gasteiger partial charge in [0, 0.05) is 18.0 Å². The SMILES string of the molecule is CC(C)(C)C1CCC(C(NN)c2cncnc2)CC1. The minimum atomic E-state index is 0.183. The fourth-order valence-electron chi connectivity index (χ4n) is 3.29. The first kappa shape index (κ1) is 14.4. The Morgan fingerprint density at radius 2 is 1.74 bits per heavy atom. The van der Waals surface area contributed by atoms with Gasteiger partial charge >= 0.3 is 0 Å². The van der Waals surface area contributed by atoms with Gasteiger partial charge in [0.1, 0.15) is 6.33 Å². The van der Waals surface area contributed by atoms with Gasteiger partial charge in [-0.2, -0.15) is 0 Å². The number of nitrogens with two attached hydrogens (primary N) is 1. The summed E-state index contributed by atoms with van der Waals surface area (Å²) in [5, 5.41) is 0. The fourth-order valence-corrected chi connectivity index (χ4v) is 3.29. The average Bonchev–Trinajstić information content (AvgIpc) is 2.40. The summed E-state index contributed by atoms with van der Waals surface area (Å²) >= 11 is 0. The lowest BCUT2D eigenvalue weighted by Crippen LogP contribution is -2.37. The molecule has 2 rings (SSSR count). The maximum atomic E-state index is 5.75. The van der Waals surface area contributed by atoms with E-state index < -0.39 is 0 Å². The van der Waals surface area contributed by atoms with Crippen molar-refractivity contribution in [3.63, 3.8) is 0 Å². The Kier molecular flexibility index (Phi) is 4.53. The first-order chi connectivity index (χ1) is 9.02. The van der Waals surface area contributed by atoms with Crippen molar-refractivity contribution in [2.24, 2.45) is 23.1 Å². The molecule has 0 radical (unpaired) electrons. The third-order valence-corrected chi connectivity index (χ3v) is 4.59. The van der Waals surface area contributed by atoms with E-state index in [9.17, 15) is 0 Å². The Morgan fingerprint density at radius 1 is 1.16 bits per heavy atom. The van der Waals surface area contributed by atoms with Gasteiger partial charge in [-0.05, 0) is 42.9 Å². The minimum Gasteiger partial charge on any atom is -0.271 e. The molecule has 1 aromatic heterocycles. The summed E-state index contributed by atoms with van der Waals surface area (Å²) in [5.74, 6) is 7.17. The molecule has 4 heteroatoms. The summed E-state index contributed by atoms with van der Waals surface area (Å²) in [6.45, 7) is 7.05. The Labute approximate surface area is 116 Å². The van der Waals surface area contributed by atoms with Crippen LogP contribution in [0.25, 0.3) is 0 Å². The van der Waals surface area contributed by atoms with Crippen molar-refractivity contribution < 1.29 is 0 Å². The second-order valence-electron chi connectivity index (χ2n) is 6.79. The second kappa shape index (κ2) is 5.97. The van der Waals surface area contributed by atoms with Crippen LogP contribution in [0.4, 0.5) is 0 Å². The van der Waals surface area contributed by atoms with Crippen molar-refractivity contribution in [3.8, 4) is 0 Å². The van der Waals surface area contributed by atoms with Crippen LogP contribution in [0.1, 0.15) is 58.1 Å². The Morgan fingerprint density at radius 3 is 2.21 bits per heavy atom. The standard InChI is InChI=1S/C15H26N4/c1-15(2,3)13-6-4-11(5-7-13)14(19-16)12-8-17-10-18-9-12/h8-11,13-14,19H,4-7,16H2,1-3H3. The summed E-state index contributed by atoms with van der Waals surface area (Å²) in [6.07, 6.45) is 10.3. The van der Waals surface area contributed by atoms with E-state index >= 15 is 0 Å². The summed E-state index contributed by atoms with van der Waals surface area (Å²) in [6, 6.07) is 0.183. The zero-order chi connectivity index (χ0) is 13.9. The molecule has 0 bridgehead atoms. The van der Waals surface area contributed by atoms with Gasteiger partial charge in [-0.3, -0.25) is 11.3 Å². The summed E-state index contributed by atoms with van der Waals surface area (Å²) in [5.41, 5.74) is 4.49. The molecule has 1 atom stereocenters. The van der Waals surface area contributed by atoms with Gasteiger partial charge in [-0.1, -0.05) is 20.8 Å². The lowest BCUT2D eigenvalue weighted by atomic mass is 9.68. The number of hydrazine groups is 1. The predicted molar refractivity (Wildman–Crippen MR) is 77.0 cm³/mol. The molecule has 1 aliphatic rings. The molecule has 1 unspecified atom stereocenters. The summed E-state index contributed by atoms with van der Waals surface area (Å²) in [7, 11) is 0. The van der Waals surface area contributed by atoms with Gasteiger partial charge in [0.05, 0.1) is 6.04 Å². The molecule has 1 aliphatic carbocycles. The van der Waals surface area contributed by atoms with Crippen molar-refractivity contribution >= 4 is 0 Å². The number of hydrogen-bond acceptors (Lipinski definition) is 4. The van der Waals surface area contributed by atoms with Crippen LogP contribution < -0.4 is 11.3 Å². The highest BCUT2D eigenvalue weighted by Crippen LogP contribution is 2.43. The van der Waals surface area contributed by atoms with E-state index in [0.717, 1.165) is 11.5 Å². The van der Waals surface area contributed by atoms with Gasteiger partial charge in [0.2, 0.25) is 0 Å². The van der Waals surface area contributed by atoms with Crippen molar-refractivity contribution in [2.75, 3.05) is 0 Å². The van der Waals surface area contributed by atoms with E-state index in [-0.39, 0.29) is 6.04 Å².